The maximum Gasteiger partial charge on any atom is 0.325 e. The summed E-state index contributed by atoms with van der Waals surface area (Å²) in [5, 5.41) is 19.0. The zero-order chi connectivity index (χ0) is 16.2. The van der Waals surface area contributed by atoms with Crippen LogP contribution in [0.3, 0.4) is 0 Å². The maximum absolute atomic E-state index is 12.2. The van der Waals surface area contributed by atoms with Gasteiger partial charge in [0.2, 0.25) is 0 Å². The third-order valence-corrected chi connectivity index (χ3v) is 3.92. The molecule has 1 aliphatic rings. The average molecular weight is 314 g/mol. The van der Waals surface area contributed by atoms with Crippen LogP contribution in [0.15, 0.2) is 24.4 Å². The Morgan fingerprint density at radius 2 is 2.00 bits per heavy atom. The van der Waals surface area contributed by atoms with Crippen LogP contribution in [0, 0.1) is 0 Å². The lowest BCUT2D eigenvalue weighted by Crippen LogP contribution is -2.23. The Balaban J connectivity index is 1.61. The van der Waals surface area contributed by atoms with Crippen molar-refractivity contribution in [2.45, 2.75) is 38.8 Å². The molecule has 1 aromatic carbocycles. The van der Waals surface area contributed by atoms with Crippen molar-refractivity contribution in [3.05, 3.63) is 46.8 Å². The highest BCUT2D eigenvalue weighted by Gasteiger charge is 2.13. The number of carbonyl (C=O) groups excluding carboxylic acids is 1. The van der Waals surface area contributed by atoms with Crippen molar-refractivity contribution >= 4 is 11.9 Å². The van der Waals surface area contributed by atoms with E-state index in [1.807, 2.05) is 18.2 Å². The Morgan fingerprint density at radius 1 is 1.22 bits per heavy atom. The quantitative estimate of drug-likeness (QED) is 0.863. The Kier molecular flexibility index (Phi) is 4.36. The highest BCUT2D eigenvalue weighted by molar-refractivity contribution is 5.94. The molecule has 1 heterocycles. The lowest BCUT2D eigenvalue weighted by Gasteiger charge is -2.16. The Labute approximate surface area is 133 Å². The van der Waals surface area contributed by atoms with Crippen LogP contribution in [0.5, 0.6) is 0 Å². The molecule has 120 valence electrons. The maximum atomic E-state index is 12.2. The fourth-order valence-electron chi connectivity index (χ4n) is 2.78. The summed E-state index contributed by atoms with van der Waals surface area (Å²) in [6.07, 6.45) is 6.01. The van der Waals surface area contributed by atoms with E-state index in [0.29, 0.717) is 11.3 Å². The highest BCUT2D eigenvalue weighted by Crippen LogP contribution is 2.22. The number of nitrogens with zero attached hydrogens (tertiary/aromatic N) is 3. The number of hydrogen-bond donors (Lipinski definition) is 2. The first-order valence-corrected chi connectivity index (χ1v) is 7.62. The first kappa shape index (κ1) is 15.2. The number of aliphatic carboxylic acids is 1. The molecule has 2 N–H and O–H groups in total. The number of hydrogen-bond acceptors (Lipinski definition) is 4. The molecule has 0 fully saturated rings. The van der Waals surface area contributed by atoms with Crippen molar-refractivity contribution < 1.29 is 14.7 Å². The van der Waals surface area contributed by atoms with Gasteiger partial charge in [0.1, 0.15) is 12.2 Å². The molecular formula is C16H18N4O3. The number of aromatic nitrogens is 3. The van der Waals surface area contributed by atoms with Gasteiger partial charge in [-0.25, -0.2) is 4.68 Å². The van der Waals surface area contributed by atoms with Crippen LogP contribution in [0.25, 0.3) is 0 Å². The summed E-state index contributed by atoms with van der Waals surface area (Å²) in [5.41, 5.74) is 3.77. The van der Waals surface area contributed by atoms with E-state index in [0.717, 1.165) is 12.8 Å². The average Bonchev–Trinajstić information content (AvgIpc) is 2.98. The van der Waals surface area contributed by atoms with Crippen LogP contribution >= 0.6 is 0 Å². The molecule has 2 aromatic rings. The van der Waals surface area contributed by atoms with Gasteiger partial charge < -0.3 is 10.4 Å². The summed E-state index contributed by atoms with van der Waals surface area (Å²) in [5.74, 6) is -1.15. The summed E-state index contributed by atoms with van der Waals surface area (Å²) < 4.78 is 1.22. The molecule has 3 rings (SSSR count). The van der Waals surface area contributed by atoms with Gasteiger partial charge in [-0.3, -0.25) is 9.59 Å². The van der Waals surface area contributed by atoms with Crippen LogP contribution in [-0.2, 0) is 30.7 Å². The zero-order valence-electron chi connectivity index (χ0n) is 12.7. The number of fused-ring (bicyclic) bond motifs is 1. The third-order valence-electron chi connectivity index (χ3n) is 3.92. The first-order valence-electron chi connectivity index (χ1n) is 7.62. The standard InChI is InChI=1S/C16H18N4O3/c21-15(22)10-20-9-14(18-19-20)8-17-16(23)13-6-5-11-3-1-2-4-12(11)7-13/h5-7,9H,1-4,8,10H2,(H,17,23)(H,21,22). The van der Waals surface area contributed by atoms with Gasteiger partial charge in [0.25, 0.3) is 5.91 Å². The van der Waals surface area contributed by atoms with E-state index in [1.165, 1.54) is 34.8 Å². The molecule has 0 bridgehead atoms. The summed E-state index contributed by atoms with van der Waals surface area (Å²) in [4.78, 5) is 22.8. The van der Waals surface area contributed by atoms with E-state index in [-0.39, 0.29) is 19.0 Å². The van der Waals surface area contributed by atoms with Gasteiger partial charge in [-0.15, -0.1) is 5.10 Å². The normalized spacial score (nSPS) is 13.4. The van der Waals surface area contributed by atoms with Gasteiger partial charge in [0.05, 0.1) is 12.7 Å². The summed E-state index contributed by atoms with van der Waals surface area (Å²) >= 11 is 0. The summed E-state index contributed by atoms with van der Waals surface area (Å²) in [7, 11) is 0. The second-order valence-electron chi connectivity index (χ2n) is 5.67. The van der Waals surface area contributed by atoms with Crippen molar-refractivity contribution in [3.63, 3.8) is 0 Å². The van der Waals surface area contributed by atoms with Crippen LogP contribution < -0.4 is 5.32 Å². The minimum absolute atomic E-state index is 0.161. The predicted octanol–water partition coefficient (Wildman–Crippen LogP) is 1.17. The van der Waals surface area contributed by atoms with Gasteiger partial charge in [0, 0.05) is 5.56 Å². The van der Waals surface area contributed by atoms with E-state index < -0.39 is 5.97 Å². The molecule has 7 heteroatoms. The number of carboxylic acids is 1. The molecular weight excluding hydrogens is 296 g/mol. The number of nitrogens with one attached hydrogen (secondary N) is 1. The zero-order valence-corrected chi connectivity index (χ0v) is 12.7. The fraction of sp³-hybridized carbons (Fsp3) is 0.375. The molecule has 0 spiro atoms. The number of benzene rings is 1. The fourth-order valence-corrected chi connectivity index (χ4v) is 2.78. The van der Waals surface area contributed by atoms with Gasteiger partial charge in [-0.05, 0) is 48.9 Å². The Bertz CT molecular complexity index is 739. The first-order chi connectivity index (χ1) is 11.1. The molecule has 1 aromatic heterocycles. The molecule has 0 aliphatic heterocycles. The van der Waals surface area contributed by atoms with E-state index in [4.69, 9.17) is 5.11 Å². The van der Waals surface area contributed by atoms with Gasteiger partial charge in [-0.2, -0.15) is 0 Å². The minimum atomic E-state index is -0.987. The van der Waals surface area contributed by atoms with E-state index in [2.05, 4.69) is 15.6 Å². The predicted molar refractivity (Wildman–Crippen MR) is 81.9 cm³/mol. The van der Waals surface area contributed by atoms with E-state index >= 15 is 0 Å². The smallest absolute Gasteiger partial charge is 0.325 e. The molecule has 0 atom stereocenters. The van der Waals surface area contributed by atoms with Crippen LogP contribution in [0.4, 0.5) is 0 Å². The molecule has 0 radical (unpaired) electrons. The number of carboxylic acid groups (broad SMARTS) is 1. The van der Waals surface area contributed by atoms with Crippen molar-refractivity contribution in [2.75, 3.05) is 0 Å². The molecule has 23 heavy (non-hydrogen) atoms. The van der Waals surface area contributed by atoms with E-state index in [9.17, 15) is 9.59 Å². The van der Waals surface area contributed by atoms with Crippen molar-refractivity contribution in [2.24, 2.45) is 0 Å². The molecule has 0 saturated carbocycles. The Morgan fingerprint density at radius 3 is 2.78 bits per heavy atom. The van der Waals surface area contributed by atoms with Gasteiger partial charge in [0.15, 0.2) is 0 Å². The molecule has 0 saturated heterocycles. The molecule has 7 nitrogen and oxygen atoms in total. The SMILES string of the molecule is O=C(O)Cn1cc(CNC(=O)c2ccc3c(c2)CCCC3)nn1. The third kappa shape index (κ3) is 3.74. The second kappa shape index (κ2) is 6.60. The van der Waals surface area contributed by atoms with Crippen molar-refractivity contribution in [3.8, 4) is 0 Å². The largest absolute Gasteiger partial charge is 0.480 e. The Hall–Kier alpha value is -2.70. The van der Waals surface area contributed by atoms with Gasteiger partial charge >= 0.3 is 5.97 Å². The highest BCUT2D eigenvalue weighted by atomic mass is 16.4. The molecule has 1 aliphatic carbocycles. The van der Waals surface area contributed by atoms with Crippen LogP contribution in [0.2, 0.25) is 0 Å². The topological polar surface area (TPSA) is 97.1 Å². The van der Waals surface area contributed by atoms with Crippen molar-refractivity contribution in [1.82, 2.24) is 20.3 Å². The molecule has 1 amide bonds. The van der Waals surface area contributed by atoms with Gasteiger partial charge in [-0.1, -0.05) is 11.3 Å². The lowest BCUT2D eigenvalue weighted by molar-refractivity contribution is -0.137. The van der Waals surface area contributed by atoms with Crippen molar-refractivity contribution in [1.29, 1.82) is 0 Å². The molecule has 0 unspecified atom stereocenters. The van der Waals surface area contributed by atoms with Crippen LogP contribution in [-0.4, -0.2) is 32.0 Å². The monoisotopic (exact) mass is 314 g/mol. The second-order valence-corrected chi connectivity index (χ2v) is 5.67. The summed E-state index contributed by atoms with van der Waals surface area (Å²) in [6, 6.07) is 5.85. The lowest BCUT2D eigenvalue weighted by atomic mass is 9.90. The number of aryl methyl sites for hydroxylation is 2. The van der Waals surface area contributed by atoms with Crippen LogP contribution in [0.1, 0.15) is 40.0 Å². The van der Waals surface area contributed by atoms with E-state index in [1.54, 1.807) is 0 Å². The number of carbonyl (C=O) groups is 2. The number of amides is 1. The minimum Gasteiger partial charge on any atom is -0.480 e. The number of rotatable bonds is 5. The summed E-state index contributed by atoms with van der Waals surface area (Å²) in [6.45, 7) is -0.0265.